The lowest BCUT2D eigenvalue weighted by molar-refractivity contribution is -0.135. The average molecular weight is 344 g/mol. The van der Waals surface area contributed by atoms with E-state index < -0.39 is 0 Å². The summed E-state index contributed by atoms with van der Waals surface area (Å²) in [6, 6.07) is 12.5. The number of thiophene rings is 1. The number of hydrogen-bond acceptors (Lipinski definition) is 4. The number of aryl methyl sites for hydroxylation is 1. The van der Waals surface area contributed by atoms with Crippen LogP contribution in [0.25, 0.3) is 0 Å². The van der Waals surface area contributed by atoms with Gasteiger partial charge in [-0.3, -0.25) is 9.69 Å². The summed E-state index contributed by atoms with van der Waals surface area (Å²) in [4.78, 5) is 18.1. The van der Waals surface area contributed by atoms with Crippen LogP contribution in [0.1, 0.15) is 23.4 Å². The van der Waals surface area contributed by atoms with E-state index in [1.165, 1.54) is 10.4 Å². The first kappa shape index (κ1) is 17.0. The van der Waals surface area contributed by atoms with E-state index in [1.807, 2.05) is 36.1 Å². The van der Waals surface area contributed by atoms with E-state index in [1.54, 1.807) is 11.3 Å². The third kappa shape index (κ3) is 4.16. The van der Waals surface area contributed by atoms with Gasteiger partial charge in [-0.2, -0.15) is 0 Å². The van der Waals surface area contributed by atoms with E-state index in [2.05, 4.69) is 29.3 Å². The summed E-state index contributed by atoms with van der Waals surface area (Å²) in [6.45, 7) is 7.75. The number of hydrogen-bond donors (Lipinski definition) is 0. The molecule has 128 valence electrons. The maximum atomic E-state index is 12.3. The first-order valence-electron chi connectivity index (χ1n) is 8.38. The second kappa shape index (κ2) is 7.81. The predicted octanol–water partition coefficient (Wildman–Crippen LogP) is 3.34. The van der Waals surface area contributed by atoms with Crippen LogP contribution in [0.15, 0.2) is 41.8 Å². The van der Waals surface area contributed by atoms with Crippen molar-refractivity contribution >= 4 is 17.2 Å². The number of carbonyl (C=O) groups excluding carboxylic acids is 1. The van der Waals surface area contributed by atoms with Gasteiger partial charge in [-0.1, -0.05) is 23.8 Å². The van der Waals surface area contributed by atoms with E-state index in [0.717, 1.165) is 31.9 Å². The molecule has 0 bridgehead atoms. The fourth-order valence-corrected chi connectivity index (χ4v) is 3.76. The van der Waals surface area contributed by atoms with Gasteiger partial charge in [-0.15, -0.1) is 11.3 Å². The quantitative estimate of drug-likeness (QED) is 0.834. The molecule has 24 heavy (non-hydrogen) atoms. The van der Waals surface area contributed by atoms with Crippen molar-refractivity contribution in [3.63, 3.8) is 0 Å². The lowest BCUT2D eigenvalue weighted by Gasteiger charge is -2.37. The Morgan fingerprint density at radius 2 is 1.88 bits per heavy atom. The highest BCUT2D eigenvalue weighted by atomic mass is 32.1. The van der Waals surface area contributed by atoms with Crippen LogP contribution in [0, 0.1) is 6.92 Å². The minimum absolute atomic E-state index is 0.0685. The number of ether oxygens (including phenoxy) is 1. The van der Waals surface area contributed by atoms with Crippen molar-refractivity contribution in [1.29, 1.82) is 0 Å². The molecule has 0 aliphatic carbocycles. The summed E-state index contributed by atoms with van der Waals surface area (Å²) >= 11 is 1.80. The van der Waals surface area contributed by atoms with E-state index in [4.69, 9.17) is 4.74 Å². The molecule has 0 saturated carbocycles. The number of benzene rings is 1. The van der Waals surface area contributed by atoms with Gasteiger partial charge in [0.1, 0.15) is 5.75 Å². The highest BCUT2D eigenvalue weighted by Gasteiger charge is 2.25. The van der Waals surface area contributed by atoms with Crippen LogP contribution < -0.4 is 4.74 Å². The van der Waals surface area contributed by atoms with Gasteiger partial charge in [0.2, 0.25) is 0 Å². The van der Waals surface area contributed by atoms with E-state index in [0.29, 0.717) is 6.04 Å². The first-order valence-corrected chi connectivity index (χ1v) is 9.26. The van der Waals surface area contributed by atoms with Crippen LogP contribution in [0.2, 0.25) is 0 Å². The third-order valence-electron chi connectivity index (χ3n) is 4.55. The number of carbonyl (C=O) groups is 1. The molecule has 2 aromatic rings. The predicted molar refractivity (Wildman–Crippen MR) is 97.6 cm³/mol. The fourth-order valence-electron chi connectivity index (χ4n) is 2.94. The van der Waals surface area contributed by atoms with Crippen molar-refractivity contribution < 1.29 is 9.53 Å². The van der Waals surface area contributed by atoms with Gasteiger partial charge in [-0.25, -0.2) is 0 Å². The zero-order valence-corrected chi connectivity index (χ0v) is 15.1. The summed E-state index contributed by atoms with van der Waals surface area (Å²) in [7, 11) is 0. The molecule has 0 radical (unpaired) electrons. The minimum atomic E-state index is 0.0685. The van der Waals surface area contributed by atoms with E-state index >= 15 is 0 Å². The molecule has 1 unspecified atom stereocenters. The molecule has 1 fully saturated rings. The Morgan fingerprint density at radius 1 is 1.17 bits per heavy atom. The number of amides is 1. The van der Waals surface area contributed by atoms with Gasteiger partial charge in [-0.05, 0) is 37.4 Å². The lowest BCUT2D eigenvalue weighted by Crippen LogP contribution is -2.50. The van der Waals surface area contributed by atoms with Gasteiger partial charge in [0.25, 0.3) is 5.91 Å². The smallest absolute Gasteiger partial charge is 0.260 e. The monoisotopic (exact) mass is 344 g/mol. The van der Waals surface area contributed by atoms with Gasteiger partial charge in [0, 0.05) is 37.1 Å². The van der Waals surface area contributed by atoms with E-state index in [-0.39, 0.29) is 12.5 Å². The summed E-state index contributed by atoms with van der Waals surface area (Å²) in [6.07, 6.45) is 0. The summed E-state index contributed by atoms with van der Waals surface area (Å²) in [5, 5.41) is 2.12. The SMILES string of the molecule is Cc1ccc(OCC(=O)N2CCN(C(C)c3cccs3)CC2)cc1. The first-order chi connectivity index (χ1) is 11.6. The maximum Gasteiger partial charge on any atom is 0.260 e. The highest BCUT2D eigenvalue weighted by Crippen LogP contribution is 2.25. The number of rotatable bonds is 5. The molecule has 1 aromatic heterocycles. The van der Waals surface area contributed by atoms with E-state index in [9.17, 15) is 4.79 Å². The van der Waals surface area contributed by atoms with Crippen LogP contribution in [0.4, 0.5) is 0 Å². The molecule has 1 atom stereocenters. The topological polar surface area (TPSA) is 32.8 Å². The normalized spacial score (nSPS) is 16.8. The van der Waals surface area contributed by atoms with Crippen LogP contribution in [-0.4, -0.2) is 48.5 Å². The molecule has 0 spiro atoms. The molecule has 1 aromatic carbocycles. The zero-order chi connectivity index (χ0) is 16.9. The molecule has 5 heteroatoms. The Hall–Kier alpha value is -1.85. The maximum absolute atomic E-state index is 12.3. The number of nitrogens with zero attached hydrogens (tertiary/aromatic N) is 2. The molecule has 1 aliphatic heterocycles. The molecule has 2 heterocycles. The van der Waals surface area contributed by atoms with Crippen molar-refractivity contribution in [1.82, 2.24) is 9.80 Å². The Balaban J connectivity index is 1.45. The van der Waals surface area contributed by atoms with Crippen molar-refractivity contribution in [3.8, 4) is 5.75 Å². The highest BCUT2D eigenvalue weighted by molar-refractivity contribution is 7.10. The fraction of sp³-hybridized carbons (Fsp3) is 0.421. The molecular weight excluding hydrogens is 320 g/mol. The standard InChI is InChI=1S/C19H24N2O2S/c1-15-5-7-17(8-6-15)23-14-19(22)21-11-9-20(10-12-21)16(2)18-4-3-13-24-18/h3-8,13,16H,9-12,14H2,1-2H3. The van der Waals surface area contributed by atoms with Crippen molar-refractivity contribution in [2.75, 3.05) is 32.8 Å². The Kier molecular flexibility index (Phi) is 5.53. The summed E-state index contributed by atoms with van der Waals surface area (Å²) in [5.74, 6) is 0.818. The minimum Gasteiger partial charge on any atom is -0.484 e. The molecule has 1 saturated heterocycles. The molecule has 0 N–H and O–H groups in total. The molecular formula is C19H24N2O2S. The average Bonchev–Trinajstić information content (AvgIpc) is 3.15. The largest absolute Gasteiger partial charge is 0.484 e. The molecule has 3 rings (SSSR count). The second-order valence-corrected chi connectivity index (χ2v) is 7.19. The van der Waals surface area contributed by atoms with Crippen LogP contribution in [-0.2, 0) is 4.79 Å². The van der Waals surface area contributed by atoms with Gasteiger partial charge in [0.15, 0.2) is 6.61 Å². The zero-order valence-electron chi connectivity index (χ0n) is 14.3. The second-order valence-electron chi connectivity index (χ2n) is 6.21. The Morgan fingerprint density at radius 3 is 2.50 bits per heavy atom. The lowest BCUT2D eigenvalue weighted by atomic mass is 10.2. The van der Waals surface area contributed by atoms with Gasteiger partial charge >= 0.3 is 0 Å². The van der Waals surface area contributed by atoms with Crippen molar-refractivity contribution in [2.24, 2.45) is 0 Å². The Labute approximate surface area is 147 Å². The van der Waals surface area contributed by atoms with Crippen LogP contribution in [0.3, 0.4) is 0 Å². The van der Waals surface area contributed by atoms with Crippen molar-refractivity contribution in [2.45, 2.75) is 19.9 Å². The van der Waals surface area contributed by atoms with Crippen LogP contribution in [0.5, 0.6) is 5.75 Å². The summed E-state index contributed by atoms with van der Waals surface area (Å²) < 4.78 is 5.61. The Bertz CT molecular complexity index is 647. The van der Waals surface area contributed by atoms with Crippen molar-refractivity contribution in [3.05, 3.63) is 52.2 Å². The third-order valence-corrected chi connectivity index (χ3v) is 5.60. The molecule has 1 amide bonds. The van der Waals surface area contributed by atoms with Gasteiger partial charge in [0.05, 0.1) is 0 Å². The van der Waals surface area contributed by atoms with Crippen LogP contribution >= 0.6 is 11.3 Å². The molecule has 1 aliphatic rings. The molecule has 4 nitrogen and oxygen atoms in total. The number of piperazine rings is 1. The summed E-state index contributed by atoms with van der Waals surface area (Å²) in [5.41, 5.74) is 1.18. The van der Waals surface area contributed by atoms with Gasteiger partial charge < -0.3 is 9.64 Å².